The van der Waals surface area contributed by atoms with Gasteiger partial charge in [0.2, 0.25) is 0 Å². The number of ether oxygens (including phenoxy) is 1. The van der Waals surface area contributed by atoms with Crippen LogP contribution in [-0.2, 0) is 18.9 Å². The Bertz CT molecular complexity index is 760. The summed E-state index contributed by atoms with van der Waals surface area (Å²) in [5.41, 5.74) is 5.52. The van der Waals surface area contributed by atoms with E-state index < -0.39 is 44.0 Å². The summed E-state index contributed by atoms with van der Waals surface area (Å²) in [7, 11) is -5.27. The number of hydrogen-bond acceptors (Lipinski definition) is 13. The van der Waals surface area contributed by atoms with Crippen LogP contribution in [-0.4, -0.2) is 55.7 Å². The van der Waals surface area contributed by atoms with Crippen LogP contribution >= 0.6 is 20.5 Å². The van der Waals surface area contributed by atoms with E-state index >= 15 is 0 Å². The standard InChI is InChI=1S/C10H16N5O8PS.2Na/c11-9-13-7-6(10(18,25)14-9)12-2-15(7)8-5(17)4(16)3(23-8)1-22-24(19,20)21;;/h2-5,8,16-18,25H,1H2,(H3,11,13,14)(H2,19,20,21);;/q;2*+1/p-2/t3-,4-,5-,8-,10?;;/m1../s1. The van der Waals surface area contributed by atoms with Gasteiger partial charge in [0.25, 0.3) is 5.06 Å². The first kappa shape index (κ1) is 25.8. The Morgan fingerprint density at radius 2 is 2.07 bits per heavy atom. The monoisotopic (exact) mass is 441 g/mol. The molecular formula is C10H14N5Na2O8PS. The van der Waals surface area contributed by atoms with Gasteiger partial charge in [-0.3, -0.25) is 4.57 Å². The van der Waals surface area contributed by atoms with Crippen LogP contribution in [0.3, 0.4) is 0 Å². The zero-order valence-corrected chi connectivity index (χ0v) is 20.1. The first-order valence-electron chi connectivity index (χ1n) is 6.82. The fourth-order valence-corrected chi connectivity index (χ4v) is 3.16. The SMILES string of the molecule is NC1=NC(O)(S)c2ncn([C@@H]3O[C@H](COP(=O)([O-])[O-])[C@@H](O)[C@H]3O)c2N1.[Na+].[Na+]. The van der Waals surface area contributed by atoms with Gasteiger partial charge >= 0.3 is 59.1 Å². The fraction of sp³-hybridized carbons (Fsp3) is 0.600. The summed E-state index contributed by atoms with van der Waals surface area (Å²) in [6.07, 6.45) is -4.42. The van der Waals surface area contributed by atoms with Crippen molar-refractivity contribution in [3.05, 3.63) is 12.0 Å². The van der Waals surface area contributed by atoms with E-state index in [1.54, 1.807) is 0 Å². The molecule has 5 atom stereocenters. The molecule has 0 amide bonds. The Kier molecular flexibility index (Phi) is 8.88. The Labute approximate surface area is 202 Å². The number of fused-ring (bicyclic) bond motifs is 1. The molecule has 13 nitrogen and oxygen atoms in total. The number of hydrogen-bond donors (Lipinski definition) is 6. The summed E-state index contributed by atoms with van der Waals surface area (Å²) < 4.78 is 21.2. The van der Waals surface area contributed by atoms with E-state index in [4.69, 9.17) is 10.5 Å². The minimum atomic E-state index is -5.27. The van der Waals surface area contributed by atoms with Crippen LogP contribution in [0.25, 0.3) is 0 Å². The number of anilines is 1. The van der Waals surface area contributed by atoms with Crippen molar-refractivity contribution >= 4 is 32.2 Å². The molecule has 2 aliphatic heterocycles. The van der Waals surface area contributed by atoms with Crippen LogP contribution in [0.1, 0.15) is 11.9 Å². The number of phosphoric ester groups is 1. The molecule has 2 aliphatic rings. The minimum absolute atomic E-state index is 0. The maximum Gasteiger partial charge on any atom is 1.00 e. The predicted molar refractivity (Wildman–Crippen MR) is 79.8 cm³/mol. The molecule has 0 radical (unpaired) electrons. The predicted octanol–water partition coefficient (Wildman–Crippen LogP) is -9.87. The zero-order chi connectivity index (χ0) is 18.6. The number of phosphoric acid groups is 1. The number of aliphatic imine (C=N–C) groups is 1. The van der Waals surface area contributed by atoms with E-state index in [0.29, 0.717) is 0 Å². The third-order valence-electron chi connectivity index (χ3n) is 3.64. The Hall–Kier alpha value is 0.780. The van der Waals surface area contributed by atoms with Gasteiger partial charge in [0.1, 0.15) is 29.8 Å². The van der Waals surface area contributed by atoms with E-state index in [9.17, 15) is 29.7 Å². The second-order valence-electron chi connectivity index (χ2n) is 5.40. The van der Waals surface area contributed by atoms with Gasteiger partial charge in [-0.15, -0.1) is 12.6 Å². The molecule has 1 aromatic heterocycles. The number of aliphatic hydroxyl groups is 3. The summed E-state index contributed by atoms with van der Waals surface area (Å²) in [4.78, 5) is 28.7. The molecular weight excluding hydrogens is 427 g/mol. The molecule has 0 bridgehead atoms. The Balaban J connectivity index is 0.00000182. The van der Waals surface area contributed by atoms with E-state index in [0.717, 1.165) is 0 Å². The van der Waals surface area contributed by atoms with E-state index in [1.165, 1.54) is 10.9 Å². The normalized spacial score (nSPS) is 32.6. The molecule has 3 rings (SSSR count). The van der Waals surface area contributed by atoms with Crippen LogP contribution in [0.5, 0.6) is 0 Å². The van der Waals surface area contributed by atoms with Gasteiger partial charge in [0, 0.05) is 0 Å². The van der Waals surface area contributed by atoms with Crippen molar-refractivity contribution in [2.24, 2.45) is 10.7 Å². The number of nitrogens with one attached hydrogen (secondary N) is 1. The van der Waals surface area contributed by atoms with Crippen molar-refractivity contribution in [1.29, 1.82) is 0 Å². The molecule has 0 spiro atoms. The Morgan fingerprint density at radius 3 is 2.67 bits per heavy atom. The Morgan fingerprint density at radius 1 is 1.44 bits per heavy atom. The van der Waals surface area contributed by atoms with Gasteiger partial charge in [-0.2, -0.15) is 0 Å². The number of nitrogens with zero attached hydrogens (tertiary/aromatic N) is 3. The van der Waals surface area contributed by atoms with Gasteiger partial charge in [0.05, 0.1) is 20.8 Å². The van der Waals surface area contributed by atoms with Gasteiger partial charge in [0.15, 0.2) is 12.2 Å². The van der Waals surface area contributed by atoms with Gasteiger partial charge in [-0.05, 0) is 0 Å². The average Bonchev–Trinajstić information content (AvgIpc) is 2.99. The molecule has 6 N–H and O–H groups in total. The third-order valence-corrected chi connectivity index (χ3v) is 4.42. The first-order valence-corrected chi connectivity index (χ1v) is 8.73. The van der Waals surface area contributed by atoms with Gasteiger partial charge < -0.3 is 50.0 Å². The summed E-state index contributed by atoms with van der Waals surface area (Å²) >= 11 is 3.93. The van der Waals surface area contributed by atoms with Crippen molar-refractivity contribution in [2.45, 2.75) is 29.6 Å². The first-order chi connectivity index (χ1) is 11.5. The second kappa shape index (κ2) is 9.29. The van der Waals surface area contributed by atoms with E-state index in [1.807, 2.05) is 0 Å². The van der Waals surface area contributed by atoms with E-state index in [2.05, 4.69) is 32.4 Å². The largest absolute Gasteiger partial charge is 1.00 e. The van der Waals surface area contributed by atoms with Crippen LogP contribution < -0.4 is 80.0 Å². The van der Waals surface area contributed by atoms with Crippen molar-refractivity contribution in [1.82, 2.24) is 9.55 Å². The van der Waals surface area contributed by atoms with Gasteiger partial charge in [-0.25, -0.2) is 9.98 Å². The quantitative estimate of drug-likeness (QED) is 0.112. The molecule has 0 saturated carbocycles. The summed E-state index contributed by atoms with van der Waals surface area (Å²) in [6, 6.07) is 0. The molecule has 1 fully saturated rings. The number of rotatable bonds is 4. The van der Waals surface area contributed by atoms with Crippen molar-refractivity contribution in [2.75, 3.05) is 11.9 Å². The molecule has 3 heterocycles. The average molecular weight is 441 g/mol. The van der Waals surface area contributed by atoms with Crippen LogP contribution in [0.2, 0.25) is 0 Å². The fourth-order valence-electron chi connectivity index (χ4n) is 2.55. The zero-order valence-electron chi connectivity index (χ0n) is 14.3. The molecule has 140 valence electrons. The topological polar surface area (TPSA) is 211 Å². The van der Waals surface area contributed by atoms with Crippen molar-refractivity contribution in [3.63, 3.8) is 0 Å². The smallest absolute Gasteiger partial charge is 0.790 e. The van der Waals surface area contributed by atoms with Crippen LogP contribution in [0.15, 0.2) is 11.3 Å². The summed E-state index contributed by atoms with van der Waals surface area (Å²) in [5, 5.41) is 30.8. The molecule has 1 aromatic rings. The molecule has 0 aromatic carbocycles. The molecule has 1 saturated heterocycles. The number of thiol groups is 1. The van der Waals surface area contributed by atoms with E-state index in [-0.39, 0.29) is 76.6 Å². The number of imidazole rings is 1. The van der Waals surface area contributed by atoms with Crippen LogP contribution in [0.4, 0.5) is 5.82 Å². The minimum Gasteiger partial charge on any atom is -0.790 e. The van der Waals surface area contributed by atoms with Crippen molar-refractivity contribution in [3.8, 4) is 0 Å². The van der Waals surface area contributed by atoms with Crippen molar-refractivity contribution < 1.29 is 98.0 Å². The summed E-state index contributed by atoms with van der Waals surface area (Å²) in [6.45, 7) is -0.774. The second-order valence-corrected chi connectivity index (χ2v) is 7.17. The molecule has 1 unspecified atom stereocenters. The number of guanidine groups is 1. The third kappa shape index (κ3) is 5.48. The molecule has 27 heavy (non-hydrogen) atoms. The maximum absolute atomic E-state index is 10.5. The van der Waals surface area contributed by atoms with Crippen LogP contribution in [0, 0.1) is 0 Å². The maximum atomic E-state index is 10.5. The molecule has 0 aliphatic carbocycles. The van der Waals surface area contributed by atoms with Gasteiger partial charge in [-0.1, -0.05) is 0 Å². The summed E-state index contributed by atoms with van der Waals surface area (Å²) in [5.74, 6) is -0.0838. The number of nitrogens with two attached hydrogens (primary N) is 1. The number of aliphatic hydroxyl groups excluding tert-OH is 2. The number of aromatic nitrogens is 2. The molecule has 17 heteroatoms.